The van der Waals surface area contributed by atoms with E-state index in [1.54, 1.807) is 35.1 Å². The zero-order valence-corrected chi connectivity index (χ0v) is 14.6. The number of hydrogen-bond donors (Lipinski definition) is 2. The number of rotatable bonds is 6. The lowest BCUT2D eigenvalue weighted by molar-refractivity contribution is 0.0949. The van der Waals surface area contributed by atoms with E-state index in [2.05, 4.69) is 20.9 Å². The van der Waals surface area contributed by atoms with Crippen molar-refractivity contribution < 1.29 is 9.59 Å². The quantitative estimate of drug-likeness (QED) is 0.706. The lowest BCUT2D eigenvalue weighted by atomic mass is 10.2. The predicted molar refractivity (Wildman–Crippen MR) is 100 cm³/mol. The molecule has 4 rings (SSSR count). The summed E-state index contributed by atoms with van der Waals surface area (Å²) < 4.78 is 1.61. The summed E-state index contributed by atoms with van der Waals surface area (Å²) in [6.07, 6.45) is 3.66. The molecule has 3 aromatic rings. The van der Waals surface area contributed by atoms with Crippen LogP contribution in [0.1, 0.15) is 39.3 Å². The number of carbonyl (C=O) groups excluding carboxylic acids is 2. The summed E-state index contributed by atoms with van der Waals surface area (Å²) in [6, 6.07) is 17.0. The molecule has 136 valence electrons. The normalized spacial score (nSPS) is 13.2. The fraction of sp³-hybridized carbons (Fsp3) is 0.200. The molecule has 1 aliphatic carbocycles. The van der Waals surface area contributed by atoms with Crippen molar-refractivity contribution in [2.24, 2.45) is 0 Å². The van der Waals surface area contributed by atoms with Gasteiger partial charge in [-0.15, -0.1) is 5.10 Å². The summed E-state index contributed by atoms with van der Waals surface area (Å²) >= 11 is 0. The van der Waals surface area contributed by atoms with Gasteiger partial charge in [0.2, 0.25) is 0 Å². The smallest absolute Gasteiger partial charge is 0.277 e. The Morgan fingerprint density at radius 2 is 1.85 bits per heavy atom. The Kier molecular flexibility index (Phi) is 4.65. The number of aromatic nitrogens is 3. The zero-order valence-electron chi connectivity index (χ0n) is 14.6. The molecule has 0 saturated heterocycles. The van der Waals surface area contributed by atoms with Gasteiger partial charge in [0.15, 0.2) is 5.69 Å². The standard InChI is InChI=1S/C20H19N5O2/c26-19(21-16-9-10-16)15-7-4-8-17(11-15)22-20(27)18-13-25(24-23-18)12-14-5-2-1-3-6-14/h1-8,11,13,16H,9-10,12H2,(H,21,26)(H,22,27). The van der Waals surface area contributed by atoms with Gasteiger partial charge in [-0.05, 0) is 36.6 Å². The van der Waals surface area contributed by atoms with E-state index in [0.717, 1.165) is 18.4 Å². The molecule has 0 radical (unpaired) electrons. The van der Waals surface area contributed by atoms with Crippen LogP contribution in [0, 0.1) is 0 Å². The third-order valence-electron chi connectivity index (χ3n) is 4.25. The third-order valence-corrected chi connectivity index (χ3v) is 4.25. The number of hydrogen-bond acceptors (Lipinski definition) is 4. The zero-order chi connectivity index (χ0) is 18.6. The van der Waals surface area contributed by atoms with Gasteiger partial charge in [0, 0.05) is 17.3 Å². The Balaban J connectivity index is 1.41. The Labute approximate surface area is 156 Å². The number of carbonyl (C=O) groups is 2. The molecule has 1 heterocycles. The molecule has 1 fully saturated rings. The molecular weight excluding hydrogens is 342 g/mol. The van der Waals surface area contributed by atoms with Gasteiger partial charge < -0.3 is 10.6 Å². The van der Waals surface area contributed by atoms with Crippen LogP contribution in [0.25, 0.3) is 0 Å². The molecule has 0 spiro atoms. The summed E-state index contributed by atoms with van der Waals surface area (Å²) in [4.78, 5) is 24.6. The molecule has 0 atom stereocenters. The van der Waals surface area contributed by atoms with E-state index in [9.17, 15) is 9.59 Å². The largest absolute Gasteiger partial charge is 0.349 e. The second-order valence-corrected chi connectivity index (χ2v) is 6.57. The van der Waals surface area contributed by atoms with Crippen LogP contribution in [0.4, 0.5) is 5.69 Å². The lowest BCUT2D eigenvalue weighted by Gasteiger charge is -2.07. The van der Waals surface area contributed by atoms with Crippen LogP contribution in [-0.2, 0) is 6.54 Å². The fourth-order valence-electron chi connectivity index (χ4n) is 2.68. The first-order chi connectivity index (χ1) is 13.2. The maximum Gasteiger partial charge on any atom is 0.277 e. The first-order valence-electron chi connectivity index (χ1n) is 8.84. The van der Waals surface area contributed by atoms with Gasteiger partial charge in [0.05, 0.1) is 12.7 Å². The van der Waals surface area contributed by atoms with Crippen molar-refractivity contribution in [3.63, 3.8) is 0 Å². The average Bonchev–Trinajstić information content (AvgIpc) is 3.37. The molecule has 0 aliphatic heterocycles. The van der Waals surface area contributed by atoms with Crippen molar-refractivity contribution in [3.05, 3.63) is 77.6 Å². The molecule has 2 amide bonds. The van der Waals surface area contributed by atoms with Crippen molar-refractivity contribution >= 4 is 17.5 Å². The number of benzene rings is 2. The van der Waals surface area contributed by atoms with Crippen LogP contribution >= 0.6 is 0 Å². The molecule has 27 heavy (non-hydrogen) atoms. The van der Waals surface area contributed by atoms with Crippen molar-refractivity contribution in [1.29, 1.82) is 0 Å². The highest BCUT2D eigenvalue weighted by Crippen LogP contribution is 2.20. The van der Waals surface area contributed by atoms with Crippen LogP contribution in [0.3, 0.4) is 0 Å². The first kappa shape index (κ1) is 17.0. The van der Waals surface area contributed by atoms with Crippen molar-refractivity contribution in [3.8, 4) is 0 Å². The first-order valence-corrected chi connectivity index (χ1v) is 8.84. The summed E-state index contributed by atoms with van der Waals surface area (Å²) in [7, 11) is 0. The van der Waals surface area contributed by atoms with Gasteiger partial charge in [-0.25, -0.2) is 4.68 Å². The highest BCUT2D eigenvalue weighted by molar-refractivity contribution is 6.03. The van der Waals surface area contributed by atoms with E-state index in [1.807, 2.05) is 30.3 Å². The van der Waals surface area contributed by atoms with Gasteiger partial charge in [0.1, 0.15) is 0 Å². The molecule has 0 unspecified atom stereocenters. The van der Waals surface area contributed by atoms with Gasteiger partial charge >= 0.3 is 0 Å². The molecule has 1 saturated carbocycles. The van der Waals surface area contributed by atoms with E-state index in [4.69, 9.17) is 0 Å². The van der Waals surface area contributed by atoms with E-state index in [1.165, 1.54) is 0 Å². The summed E-state index contributed by atoms with van der Waals surface area (Å²) in [5.74, 6) is -0.489. The average molecular weight is 361 g/mol. The van der Waals surface area contributed by atoms with Crippen LogP contribution in [0.2, 0.25) is 0 Å². The topological polar surface area (TPSA) is 88.9 Å². The van der Waals surface area contributed by atoms with Crippen LogP contribution < -0.4 is 10.6 Å². The van der Waals surface area contributed by atoms with Crippen molar-refractivity contribution in [2.45, 2.75) is 25.4 Å². The fourth-order valence-corrected chi connectivity index (χ4v) is 2.68. The minimum Gasteiger partial charge on any atom is -0.349 e. The maximum absolute atomic E-state index is 12.4. The number of amides is 2. The molecule has 0 bridgehead atoms. The van der Waals surface area contributed by atoms with E-state index >= 15 is 0 Å². The van der Waals surface area contributed by atoms with E-state index in [0.29, 0.717) is 17.8 Å². The predicted octanol–water partition coefficient (Wildman–Crippen LogP) is 2.47. The number of nitrogens with one attached hydrogen (secondary N) is 2. The number of anilines is 1. The van der Waals surface area contributed by atoms with Crippen LogP contribution in [0.15, 0.2) is 60.8 Å². The van der Waals surface area contributed by atoms with Gasteiger partial charge in [-0.1, -0.05) is 41.6 Å². The highest BCUT2D eigenvalue weighted by Gasteiger charge is 2.23. The summed E-state index contributed by atoms with van der Waals surface area (Å²) in [5.41, 5.74) is 2.36. The Hall–Kier alpha value is -3.48. The van der Waals surface area contributed by atoms with Gasteiger partial charge in [-0.3, -0.25) is 9.59 Å². The minimum absolute atomic E-state index is 0.123. The minimum atomic E-state index is -0.367. The SMILES string of the molecule is O=C(NC1CC1)c1cccc(NC(=O)c2cn(Cc3ccccc3)nn2)c1. The van der Waals surface area contributed by atoms with Gasteiger partial charge in [-0.2, -0.15) is 0 Å². The molecular formula is C20H19N5O2. The summed E-state index contributed by atoms with van der Waals surface area (Å²) in [5, 5.41) is 13.6. The Morgan fingerprint density at radius 3 is 2.63 bits per heavy atom. The van der Waals surface area contributed by atoms with Crippen LogP contribution in [0.5, 0.6) is 0 Å². The molecule has 7 nitrogen and oxygen atoms in total. The third kappa shape index (κ3) is 4.38. The van der Waals surface area contributed by atoms with Crippen LogP contribution in [-0.4, -0.2) is 32.9 Å². The molecule has 1 aromatic heterocycles. The van der Waals surface area contributed by atoms with Crippen molar-refractivity contribution in [2.75, 3.05) is 5.32 Å². The molecule has 1 aliphatic rings. The van der Waals surface area contributed by atoms with E-state index < -0.39 is 0 Å². The second kappa shape index (κ2) is 7.41. The Bertz CT molecular complexity index is 963. The second-order valence-electron chi connectivity index (χ2n) is 6.57. The van der Waals surface area contributed by atoms with E-state index in [-0.39, 0.29) is 23.6 Å². The summed E-state index contributed by atoms with van der Waals surface area (Å²) in [6.45, 7) is 0.540. The monoisotopic (exact) mass is 361 g/mol. The number of nitrogens with zero attached hydrogens (tertiary/aromatic N) is 3. The maximum atomic E-state index is 12.4. The molecule has 2 aromatic carbocycles. The highest BCUT2D eigenvalue weighted by atomic mass is 16.2. The molecule has 2 N–H and O–H groups in total. The molecule has 7 heteroatoms. The van der Waals surface area contributed by atoms with Gasteiger partial charge in [0.25, 0.3) is 11.8 Å². The Morgan fingerprint density at radius 1 is 1.04 bits per heavy atom. The lowest BCUT2D eigenvalue weighted by Crippen LogP contribution is -2.25. The van der Waals surface area contributed by atoms with Crippen molar-refractivity contribution in [1.82, 2.24) is 20.3 Å².